The van der Waals surface area contributed by atoms with E-state index in [2.05, 4.69) is 5.32 Å². The largest absolute Gasteiger partial charge is 0.321 e. The predicted octanol–water partition coefficient (Wildman–Crippen LogP) is 3.04. The van der Waals surface area contributed by atoms with Crippen molar-refractivity contribution < 1.29 is 14.4 Å². The highest BCUT2D eigenvalue weighted by Crippen LogP contribution is 2.29. The minimum absolute atomic E-state index is 0.265. The molecule has 0 fully saturated rings. The Morgan fingerprint density at radius 1 is 1.00 bits per heavy atom. The molecular weight excluding hydrogens is 316 g/mol. The summed E-state index contributed by atoms with van der Waals surface area (Å²) in [5, 5.41) is 2.80. The number of rotatable bonds is 2. The Hall–Kier alpha value is -2.95. The van der Waals surface area contributed by atoms with Crippen LogP contribution in [-0.4, -0.2) is 29.7 Å². The highest BCUT2D eigenvalue weighted by molar-refractivity contribution is 6.24. The molecule has 1 heterocycles. The summed E-state index contributed by atoms with van der Waals surface area (Å²) in [4.78, 5) is 38.1. The summed E-state index contributed by atoms with van der Waals surface area (Å²) in [5.41, 5.74) is 4.08. The minimum atomic E-state index is -0.388. The van der Waals surface area contributed by atoms with Crippen LogP contribution in [0.15, 0.2) is 36.4 Å². The van der Waals surface area contributed by atoms with Gasteiger partial charge in [0.1, 0.15) is 0 Å². The second kappa shape index (κ2) is 5.84. The van der Waals surface area contributed by atoms with Crippen LogP contribution in [0.4, 0.5) is 5.69 Å². The second-order valence-electron chi connectivity index (χ2n) is 6.54. The molecule has 4 rings (SSSR count). The van der Waals surface area contributed by atoms with Gasteiger partial charge in [-0.05, 0) is 61.1 Å². The molecule has 2 aromatic rings. The Labute approximate surface area is 145 Å². The van der Waals surface area contributed by atoms with Gasteiger partial charge in [-0.1, -0.05) is 12.1 Å². The number of imide groups is 1. The van der Waals surface area contributed by atoms with E-state index >= 15 is 0 Å². The average Bonchev–Trinajstić information content (AvgIpc) is 2.86. The third kappa shape index (κ3) is 2.52. The number of hydrogen-bond donors (Lipinski definition) is 1. The molecule has 0 radical (unpaired) electrons. The number of aryl methyl sites for hydroxylation is 2. The quantitative estimate of drug-likeness (QED) is 0.859. The van der Waals surface area contributed by atoms with Crippen molar-refractivity contribution in [2.45, 2.75) is 25.7 Å². The molecule has 0 atom stereocenters. The Kier molecular flexibility index (Phi) is 3.64. The molecule has 25 heavy (non-hydrogen) atoms. The van der Waals surface area contributed by atoms with Crippen LogP contribution in [0.1, 0.15) is 55.0 Å². The fourth-order valence-electron chi connectivity index (χ4n) is 3.57. The molecule has 0 spiro atoms. The first-order valence-electron chi connectivity index (χ1n) is 8.45. The van der Waals surface area contributed by atoms with Gasteiger partial charge in [-0.2, -0.15) is 0 Å². The third-order valence-electron chi connectivity index (χ3n) is 4.98. The lowest BCUT2D eigenvalue weighted by molar-refractivity contribution is 0.0693. The van der Waals surface area contributed by atoms with Gasteiger partial charge in [0, 0.05) is 12.6 Å². The molecule has 0 saturated carbocycles. The van der Waals surface area contributed by atoms with Crippen LogP contribution in [0, 0.1) is 0 Å². The zero-order valence-corrected chi connectivity index (χ0v) is 14.0. The van der Waals surface area contributed by atoms with Crippen LogP contribution in [0.2, 0.25) is 0 Å². The fraction of sp³-hybridized carbons (Fsp3) is 0.250. The maximum atomic E-state index is 12.6. The summed E-state index contributed by atoms with van der Waals surface area (Å²) < 4.78 is 0. The molecule has 2 aromatic carbocycles. The maximum Gasteiger partial charge on any atom is 0.263 e. The smallest absolute Gasteiger partial charge is 0.263 e. The van der Waals surface area contributed by atoms with Gasteiger partial charge in [0.05, 0.1) is 16.8 Å². The normalized spacial score (nSPS) is 15.8. The van der Waals surface area contributed by atoms with E-state index in [0.29, 0.717) is 16.8 Å². The Morgan fingerprint density at radius 2 is 1.76 bits per heavy atom. The van der Waals surface area contributed by atoms with Crippen molar-refractivity contribution in [1.29, 1.82) is 0 Å². The van der Waals surface area contributed by atoms with Crippen LogP contribution >= 0.6 is 0 Å². The number of amides is 3. The maximum absolute atomic E-state index is 12.6. The van der Waals surface area contributed by atoms with Crippen LogP contribution in [-0.2, 0) is 12.8 Å². The predicted molar refractivity (Wildman–Crippen MR) is 93.9 cm³/mol. The summed E-state index contributed by atoms with van der Waals surface area (Å²) >= 11 is 0. The van der Waals surface area contributed by atoms with Crippen molar-refractivity contribution in [3.05, 3.63) is 64.2 Å². The Balaban J connectivity index is 1.65. The summed E-state index contributed by atoms with van der Waals surface area (Å²) in [6.07, 6.45) is 4.40. The van der Waals surface area contributed by atoms with Gasteiger partial charge in [-0.15, -0.1) is 0 Å². The number of nitrogens with zero attached hydrogens (tertiary/aromatic N) is 1. The van der Waals surface area contributed by atoms with E-state index in [4.69, 9.17) is 0 Å². The Bertz CT molecular complexity index is 917. The third-order valence-corrected chi connectivity index (χ3v) is 4.98. The number of nitrogens with one attached hydrogen (secondary N) is 1. The number of carbonyl (C=O) groups is 3. The number of fused-ring (bicyclic) bond motifs is 2. The molecule has 0 unspecified atom stereocenters. The van der Waals surface area contributed by atoms with Crippen molar-refractivity contribution in [2.75, 3.05) is 12.4 Å². The van der Waals surface area contributed by atoms with Gasteiger partial charge in [0.15, 0.2) is 0 Å². The first-order valence-corrected chi connectivity index (χ1v) is 8.45. The highest BCUT2D eigenvalue weighted by atomic mass is 16.2. The molecule has 5 heteroatoms. The van der Waals surface area contributed by atoms with E-state index in [1.54, 1.807) is 18.2 Å². The highest BCUT2D eigenvalue weighted by Gasteiger charge is 2.35. The van der Waals surface area contributed by atoms with Crippen molar-refractivity contribution in [3.63, 3.8) is 0 Å². The molecule has 1 N–H and O–H groups in total. The summed E-state index contributed by atoms with van der Waals surface area (Å²) in [5.74, 6) is -0.997. The molecule has 0 saturated heterocycles. The van der Waals surface area contributed by atoms with Crippen molar-refractivity contribution in [3.8, 4) is 0 Å². The molecule has 5 nitrogen and oxygen atoms in total. The topological polar surface area (TPSA) is 66.5 Å². The summed E-state index contributed by atoms with van der Waals surface area (Å²) in [6.45, 7) is 0. The van der Waals surface area contributed by atoms with Gasteiger partial charge < -0.3 is 5.32 Å². The molecule has 1 aliphatic carbocycles. The van der Waals surface area contributed by atoms with Crippen molar-refractivity contribution >= 4 is 23.4 Å². The fourth-order valence-corrected chi connectivity index (χ4v) is 3.57. The van der Waals surface area contributed by atoms with Gasteiger partial charge in [-0.25, -0.2) is 0 Å². The van der Waals surface area contributed by atoms with Gasteiger partial charge in [-0.3, -0.25) is 19.3 Å². The van der Waals surface area contributed by atoms with E-state index < -0.39 is 0 Å². The standard InChI is InChI=1S/C20H18N2O3/c1-22-19(24)15-7-4-8-16(17(15)20(22)25)21-18(23)14-10-9-12-5-2-3-6-13(12)11-14/h4,7-11H,2-3,5-6H2,1H3,(H,21,23). The zero-order valence-electron chi connectivity index (χ0n) is 14.0. The first-order chi connectivity index (χ1) is 12.1. The van der Waals surface area contributed by atoms with Gasteiger partial charge >= 0.3 is 0 Å². The zero-order chi connectivity index (χ0) is 17.6. The van der Waals surface area contributed by atoms with E-state index in [1.807, 2.05) is 18.2 Å². The lowest BCUT2D eigenvalue weighted by Crippen LogP contribution is -2.24. The molecule has 126 valence electrons. The monoisotopic (exact) mass is 334 g/mol. The molecular formula is C20H18N2O3. The van der Waals surface area contributed by atoms with Crippen molar-refractivity contribution in [2.24, 2.45) is 0 Å². The average molecular weight is 334 g/mol. The van der Waals surface area contributed by atoms with E-state index in [-0.39, 0.29) is 23.3 Å². The van der Waals surface area contributed by atoms with E-state index in [0.717, 1.165) is 24.2 Å². The molecule has 2 aliphatic rings. The summed E-state index contributed by atoms with van der Waals surface area (Å²) in [7, 11) is 1.44. The molecule has 0 aromatic heterocycles. The molecule has 0 bridgehead atoms. The lowest BCUT2D eigenvalue weighted by atomic mass is 9.90. The first kappa shape index (κ1) is 15.6. The second-order valence-corrected chi connectivity index (χ2v) is 6.54. The van der Waals surface area contributed by atoms with Gasteiger partial charge in [0.25, 0.3) is 17.7 Å². The van der Waals surface area contributed by atoms with Crippen LogP contribution in [0.5, 0.6) is 0 Å². The van der Waals surface area contributed by atoms with E-state index in [9.17, 15) is 14.4 Å². The Morgan fingerprint density at radius 3 is 2.56 bits per heavy atom. The molecule has 1 aliphatic heterocycles. The van der Waals surface area contributed by atoms with E-state index in [1.165, 1.54) is 24.6 Å². The molecule has 3 amide bonds. The number of benzene rings is 2. The van der Waals surface area contributed by atoms with Crippen LogP contribution < -0.4 is 5.32 Å². The number of anilines is 1. The SMILES string of the molecule is CN1C(=O)c2cccc(NC(=O)c3ccc4c(c3)CCCC4)c2C1=O. The minimum Gasteiger partial charge on any atom is -0.321 e. The summed E-state index contributed by atoms with van der Waals surface area (Å²) in [6, 6.07) is 10.7. The van der Waals surface area contributed by atoms with Crippen LogP contribution in [0.3, 0.4) is 0 Å². The van der Waals surface area contributed by atoms with Crippen molar-refractivity contribution in [1.82, 2.24) is 4.90 Å². The van der Waals surface area contributed by atoms with Gasteiger partial charge in [0.2, 0.25) is 0 Å². The van der Waals surface area contributed by atoms with Crippen LogP contribution in [0.25, 0.3) is 0 Å². The number of hydrogen-bond acceptors (Lipinski definition) is 3. The lowest BCUT2D eigenvalue weighted by Gasteiger charge is -2.16. The number of carbonyl (C=O) groups excluding carboxylic acids is 3.